The maximum atomic E-state index is 15.6. The number of fused-ring (bicyclic) bond motifs is 2. The Kier molecular flexibility index (Phi) is 13.1. The highest BCUT2D eigenvalue weighted by atomic mass is 35.5. The van der Waals surface area contributed by atoms with Gasteiger partial charge in [0.05, 0.1) is 18.3 Å². The van der Waals surface area contributed by atoms with Crippen molar-refractivity contribution in [1.29, 1.82) is 0 Å². The zero-order valence-electron chi connectivity index (χ0n) is 30.3. The van der Waals surface area contributed by atoms with E-state index in [0.29, 0.717) is 23.4 Å². The lowest BCUT2D eigenvalue weighted by Crippen LogP contribution is -2.60. The molecule has 18 heteroatoms. The second kappa shape index (κ2) is 17.0. The van der Waals surface area contributed by atoms with Gasteiger partial charge >= 0.3 is 12.3 Å². The summed E-state index contributed by atoms with van der Waals surface area (Å²) < 4.78 is 94.8. The Hall–Kier alpha value is -3.63. The molecule has 0 saturated carbocycles. The Bertz CT molecular complexity index is 1820. The van der Waals surface area contributed by atoms with Crippen LogP contribution < -0.4 is 5.32 Å². The molecule has 2 aromatic rings. The molecule has 1 N–H and O–H groups in total. The number of halogens is 5. The smallest absolute Gasteiger partial charge is 0.410 e. The molecule has 2 bridgehead atoms. The fourth-order valence-corrected chi connectivity index (χ4v) is 9.65. The number of nitrogens with zero attached hydrogens (tertiary/aromatic N) is 5. The van der Waals surface area contributed by atoms with E-state index < -0.39 is 76.1 Å². The van der Waals surface area contributed by atoms with E-state index in [-0.39, 0.29) is 68.4 Å². The Morgan fingerprint density at radius 1 is 1.13 bits per heavy atom. The quantitative estimate of drug-likeness (QED) is 0.111. The van der Waals surface area contributed by atoms with E-state index in [1.165, 1.54) is 22.5 Å². The molecule has 5 rings (SSSR count). The molecule has 1 unspecified atom stereocenters. The van der Waals surface area contributed by atoms with Gasteiger partial charge in [-0.1, -0.05) is 34.9 Å². The molecule has 0 aliphatic carbocycles. The van der Waals surface area contributed by atoms with Gasteiger partial charge in [0.1, 0.15) is 17.5 Å². The molecular formula is C36H45ClF4N6O6S. The maximum Gasteiger partial charge on any atom is 0.410 e. The van der Waals surface area contributed by atoms with E-state index in [4.69, 9.17) is 21.1 Å². The first-order chi connectivity index (χ1) is 25.3. The lowest BCUT2D eigenvalue weighted by molar-refractivity contribution is -0.169. The third-order valence-corrected chi connectivity index (χ3v) is 12.3. The van der Waals surface area contributed by atoms with Crippen LogP contribution in [0.5, 0.6) is 0 Å². The number of carbonyl (C=O) groups is 2. The highest BCUT2D eigenvalue weighted by Gasteiger charge is 2.45. The van der Waals surface area contributed by atoms with Gasteiger partial charge in [0.25, 0.3) is 0 Å². The largest absolute Gasteiger partial charge is 0.444 e. The highest BCUT2D eigenvalue weighted by molar-refractivity contribution is 7.89. The summed E-state index contributed by atoms with van der Waals surface area (Å²) >= 11 is 6.12. The number of piperazine rings is 1. The van der Waals surface area contributed by atoms with E-state index in [1.807, 2.05) is 0 Å². The first-order valence-electron chi connectivity index (χ1n) is 17.9. The molecule has 2 amide bonds. The molecule has 3 heterocycles. The zero-order valence-corrected chi connectivity index (χ0v) is 31.8. The number of amides is 2. The number of hydrogen-bond donors (Lipinski definition) is 1. The summed E-state index contributed by atoms with van der Waals surface area (Å²) in [6, 6.07) is 7.82. The number of anilines is 1. The Morgan fingerprint density at radius 2 is 1.85 bits per heavy atom. The van der Waals surface area contributed by atoms with Gasteiger partial charge in [-0.3, -0.25) is 4.79 Å². The topological polar surface area (TPSA) is 154 Å². The van der Waals surface area contributed by atoms with Crippen molar-refractivity contribution >= 4 is 39.3 Å². The minimum atomic E-state index is -4.48. The number of benzene rings is 2. The molecule has 3 aliphatic rings. The van der Waals surface area contributed by atoms with Crippen LogP contribution in [-0.4, -0.2) is 91.1 Å². The van der Waals surface area contributed by atoms with Crippen molar-refractivity contribution in [2.24, 2.45) is 11.0 Å². The highest BCUT2D eigenvalue weighted by Crippen LogP contribution is 2.41. The van der Waals surface area contributed by atoms with Crippen LogP contribution >= 0.6 is 11.6 Å². The lowest BCUT2D eigenvalue weighted by Gasteiger charge is -2.44. The van der Waals surface area contributed by atoms with Crippen LogP contribution in [0.3, 0.4) is 0 Å². The number of sulfonamides is 1. The molecule has 3 saturated heterocycles. The van der Waals surface area contributed by atoms with Crippen molar-refractivity contribution in [2.75, 3.05) is 30.8 Å². The van der Waals surface area contributed by atoms with Gasteiger partial charge in [0, 0.05) is 58.9 Å². The number of rotatable bonds is 10. The minimum Gasteiger partial charge on any atom is -0.444 e. The molecule has 2 aromatic carbocycles. The zero-order chi connectivity index (χ0) is 39.4. The molecular weight excluding hydrogens is 756 g/mol. The fourth-order valence-electron chi connectivity index (χ4n) is 7.73. The molecule has 296 valence electrons. The minimum absolute atomic E-state index is 0.00579. The standard InChI is InChI=1S/C36H45ClF4N6O6S/c1-35(2,3)53-34(49)46-20-26(47-21-25(46)6-5-17-54(47,50)51)13-14-28-29(38)7-4-8-30(28)43-33(48)32(44-45-42)31(22-9-11-24(37)12-10-22)23-15-16-52-27(18-23)19-36(39,40)41/h4,7-12,23,25-27,31-32H,5-6,13-21H2,1-3H3,(H,43,48)/t23-,25+,26-,27+,31-,32-/m0/s1. The molecule has 7 atom stereocenters. The van der Waals surface area contributed by atoms with Crippen molar-refractivity contribution < 1.29 is 45.0 Å². The maximum absolute atomic E-state index is 15.6. The third kappa shape index (κ3) is 10.6. The fraction of sp³-hybridized carbons (Fsp3) is 0.611. The number of azide groups is 1. The first kappa shape index (κ1) is 41.5. The van der Waals surface area contributed by atoms with Crippen LogP contribution in [0.25, 0.3) is 10.4 Å². The molecule has 54 heavy (non-hydrogen) atoms. The number of carbonyl (C=O) groups excluding carboxylic acids is 2. The number of ether oxygens (including phenoxy) is 2. The predicted molar refractivity (Wildman–Crippen MR) is 194 cm³/mol. The summed E-state index contributed by atoms with van der Waals surface area (Å²) in [5.41, 5.74) is 9.44. The van der Waals surface area contributed by atoms with Crippen molar-refractivity contribution in [1.82, 2.24) is 9.21 Å². The van der Waals surface area contributed by atoms with E-state index in [2.05, 4.69) is 15.3 Å². The van der Waals surface area contributed by atoms with Crippen LogP contribution in [0.4, 0.5) is 28.0 Å². The van der Waals surface area contributed by atoms with Crippen LogP contribution in [-0.2, 0) is 30.7 Å². The second-order valence-corrected chi connectivity index (χ2v) is 17.6. The number of nitrogens with one attached hydrogen (secondary N) is 1. The van der Waals surface area contributed by atoms with Crippen molar-refractivity contribution in [3.8, 4) is 0 Å². The summed E-state index contributed by atoms with van der Waals surface area (Å²) in [4.78, 5) is 31.8. The lowest BCUT2D eigenvalue weighted by atomic mass is 9.75. The van der Waals surface area contributed by atoms with Crippen molar-refractivity contribution in [2.45, 2.75) is 108 Å². The van der Waals surface area contributed by atoms with Gasteiger partial charge in [0.2, 0.25) is 15.9 Å². The normalized spacial score (nSPS) is 25.4. The SMILES string of the molecule is CC(C)(C)OC(=O)N1C[C@H](CCc2c(F)cccc2NC(=O)[C@@H](N=[N+]=[N-])[C@@H](c2ccc(Cl)cc2)[C@H]2CCO[C@@H](CC(F)(F)F)C2)N2C[C@H]1CCCS2(=O)=O. The van der Waals surface area contributed by atoms with E-state index >= 15 is 4.39 Å². The Balaban J connectivity index is 1.41. The van der Waals surface area contributed by atoms with Crippen LogP contribution in [0.1, 0.15) is 76.3 Å². The molecule has 3 fully saturated rings. The summed E-state index contributed by atoms with van der Waals surface area (Å²) in [5, 5.41) is 6.91. The van der Waals surface area contributed by atoms with Crippen LogP contribution in [0.2, 0.25) is 5.02 Å². The summed E-state index contributed by atoms with van der Waals surface area (Å²) in [6.07, 6.45) is -6.31. The predicted octanol–water partition coefficient (Wildman–Crippen LogP) is 7.97. The van der Waals surface area contributed by atoms with Crippen molar-refractivity contribution in [3.05, 3.63) is 74.9 Å². The molecule has 3 aliphatic heterocycles. The average molecular weight is 801 g/mol. The van der Waals surface area contributed by atoms with E-state index in [1.54, 1.807) is 49.9 Å². The van der Waals surface area contributed by atoms with Gasteiger partial charge in [-0.15, -0.1) is 0 Å². The van der Waals surface area contributed by atoms with Crippen molar-refractivity contribution in [3.63, 3.8) is 0 Å². The summed E-state index contributed by atoms with van der Waals surface area (Å²) in [5.74, 6) is -3.05. The van der Waals surface area contributed by atoms with Gasteiger partial charge in [-0.2, -0.15) is 17.5 Å². The summed E-state index contributed by atoms with van der Waals surface area (Å²) in [7, 11) is -3.68. The third-order valence-electron chi connectivity index (χ3n) is 10.1. The first-order valence-corrected chi connectivity index (χ1v) is 19.9. The van der Waals surface area contributed by atoms with E-state index in [0.717, 1.165) is 0 Å². The molecule has 0 radical (unpaired) electrons. The van der Waals surface area contributed by atoms with Gasteiger partial charge < -0.3 is 19.7 Å². The Labute approximate surface area is 317 Å². The monoisotopic (exact) mass is 800 g/mol. The number of hydrogen-bond acceptors (Lipinski definition) is 7. The molecule has 12 nitrogen and oxygen atoms in total. The average Bonchev–Trinajstić information content (AvgIpc) is 3.19. The van der Waals surface area contributed by atoms with Crippen LogP contribution in [0.15, 0.2) is 47.6 Å². The molecule has 0 aromatic heterocycles. The van der Waals surface area contributed by atoms with Gasteiger partial charge in [-0.05, 0) is 101 Å². The van der Waals surface area contributed by atoms with E-state index in [9.17, 15) is 36.7 Å². The second-order valence-electron chi connectivity index (χ2n) is 15.1. The van der Waals surface area contributed by atoms with Gasteiger partial charge in [-0.25, -0.2) is 17.6 Å². The Morgan fingerprint density at radius 3 is 2.52 bits per heavy atom. The van der Waals surface area contributed by atoms with Gasteiger partial charge in [0.15, 0.2) is 0 Å². The molecule has 0 spiro atoms. The van der Waals surface area contributed by atoms with Crippen LogP contribution in [0, 0.1) is 11.7 Å². The number of alkyl halides is 3. The summed E-state index contributed by atoms with van der Waals surface area (Å²) in [6.45, 7) is 5.31.